The van der Waals surface area contributed by atoms with Crippen molar-refractivity contribution in [1.82, 2.24) is 4.90 Å². The summed E-state index contributed by atoms with van der Waals surface area (Å²) >= 11 is 0. The zero-order valence-corrected chi connectivity index (χ0v) is 16.0. The van der Waals surface area contributed by atoms with Crippen molar-refractivity contribution < 1.29 is 18.1 Å². The van der Waals surface area contributed by atoms with Crippen LogP contribution in [-0.4, -0.2) is 54.3 Å². The molecule has 1 aliphatic heterocycles. The first kappa shape index (κ1) is 19.6. The van der Waals surface area contributed by atoms with E-state index in [4.69, 9.17) is 0 Å². The average Bonchev–Trinajstić information content (AvgIpc) is 3.00. The number of amides is 1. The molecule has 1 aromatic rings. The molecule has 1 saturated heterocycles. The molecule has 0 spiro atoms. The first-order valence-corrected chi connectivity index (χ1v) is 11.2. The number of benzene rings is 1. The minimum Gasteiger partial charge on any atom is -0.376 e. The summed E-state index contributed by atoms with van der Waals surface area (Å²) in [6, 6.07) is 5.83. The molecule has 1 heterocycles. The summed E-state index contributed by atoms with van der Waals surface area (Å²) in [7, 11) is -3.08. The Morgan fingerprint density at radius 1 is 1.19 bits per heavy atom. The lowest BCUT2D eigenvalue weighted by atomic mass is 9.93. The Morgan fingerprint density at radius 3 is 2.56 bits per heavy atom. The van der Waals surface area contributed by atoms with Gasteiger partial charge < -0.3 is 10.2 Å². The molecule has 0 aromatic heterocycles. The van der Waals surface area contributed by atoms with Crippen molar-refractivity contribution in [2.75, 3.05) is 23.4 Å². The lowest BCUT2D eigenvalue weighted by Crippen LogP contribution is -2.50. The van der Waals surface area contributed by atoms with Crippen LogP contribution in [-0.2, 0) is 14.6 Å². The van der Waals surface area contributed by atoms with Crippen LogP contribution in [0.15, 0.2) is 24.3 Å². The fourth-order valence-electron chi connectivity index (χ4n) is 4.06. The molecule has 1 N–H and O–H groups in total. The van der Waals surface area contributed by atoms with Gasteiger partial charge in [-0.15, -0.1) is 0 Å². The normalized spacial score (nSPS) is 22.3. The predicted molar refractivity (Wildman–Crippen MR) is 102 cm³/mol. The number of non-ortho nitro benzene ring substituents is 1. The lowest BCUT2D eigenvalue weighted by molar-refractivity contribution is -0.384. The van der Waals surface area contributed by atoms with E-state index >= 15 is 0 Å². The van der Waals surface area contributed by atoms with Crippen molar-refractivity contribution in [2.24, 2.45) is 0 Å². The molecule has 2 aliphatic rings. The van der Waals surface area contributed by atoms with Gasteiger partial charge in [-0.3, -0.25) is 14.9 Å². The van der Waals surface area contributed by atoms with Gasteiger partial charge in [0.15, 0.2) is 9.84 Å². The highest BCUT2D eigenvalue weighted by Gasteiger charge is 2.38. The Bertz CT molecular complexity index is 805. The van der Waals surface area contributed by atoms with E-state index in [9.17, 15) is 23.3 Å². The molecule has 9 heteroatoms. The van der Waals surface area contributed by atoms with E-state index in [1.54, 1.807) is 17.0 Å². The van der Waals surface area contributed by atoms with Crippen molar-refractivity contribution in [1.29, 1.82) is 0 Å². The molecule has 148 valence electrons. The van der Waals surface area contributed by atoms with Gasteiger partial charge in [-0.05, 0) is 25.3 Å². The standard InChI is InChI=1S/C18H25N3O5S/c22-18(12-19-14-5-4-8-16(11-14)21(23)24)20(15-6-2-1-3-7-15)17-9-10-27(25,26)13-17/h4-5,8,11,15,17,19H,1-3,6-7,9-10,12-13H2. The maximum Gasteiger partial charge on any atom is 0.271 e. The Morgan fingerprint density at radius 2 is 1.93 bits per heavy atom. The molecule has 1 amide bonds. The number of nitro benzene ring substituents is 1. The monoisotopic (exact) mass is 395 g/mol. The topological polar surface area (TPSA) is 110 Å². The number of carbonyl (C=O) groups is 1. The molecule has 1 unspecified atom stereocenters. The fourth-order valence-corrected chi connectivity index (χ4v) is 5.77. The largest absolute Gasteiger partial charge is 0.376 e. The average molecular weight is 395 g/mol. The maximum atomic E-state index is 13.0. The third-order valence-electron chi connectivity index (χ3n) is 5.36. The van der Waals surface area contributed by atoms with Gasteiger partial charge >= 0.3 is 0 Å². The van der Waals surface area contributed by atoms with Gasteiger partial charge in [-0.25, -0.2) is 8.42 Å². The zero-order chi connectivity index (χ0) is 19.4. The first-order valence-electron chi connectivity index (χ1n) is 9.36. The molecule has 1 aliphatic carbocycles. The van der Waals surface area contributed by atoms with Crippen LogP contribution < -0.4 is 5.32 Å². The van der Waals surface area contributed by atoms with Crippen LogP contribution >= 0.6 is 0 Å². The van der Waals surface area contributed by atoms with Gasteiger partial charge in [-0.2, -0.15) is 0 Å². The zero-order valence-electron chi connectivity index (χ0n) is 15.2. The van der Waals surface area contributed by atoms with E-state index in [0.29, 0.717) is 12.1 Å². The van der Waals surface area contributed by atoms with Crippen molar-refractivity contribution in [2.45, 2.75) is 50.6 Å². The molecule has 27 heavy (non-hydrogen) atoms. The molecular formula is C18H25N3O5S. The van der Waals surface area contributed by atoms with E-state index in [0.717, 1.165) is 32.1 Å². The number of nitro groups is 1. The van der Waals surface area contributed by atoms with Crippen LogP contribution in [0.2, 0.25) is 0 Å². The SMILES string of the molecule is O=C(CNc1cccc([N+](=O)[O-])c1)N(C1CCCCC1)C1CCS(=O)(=O)C1. The number of anilines is 1. The Balaban J connectivity index is 1.70. The number of rotatable bonds is 6. The second-order valence-corrected chi connectivity index (χ2v) is 9.54. The molecule has 1 saturated carbocycles. The van der Waals surface area contributed by atoms with E-state index < -0.39 is 14.8 Å². The summed E-state index contributed by atoms with van der Waals surface area (Å²) in [5, 5.41) is 13.8. The predicted octanol–water partition coefficient (Wildman–Crippen LogP) is 2.36. The van der Waals surface area contributed by atoms with Crippen LogP contribution in [0, 0.1) is 10.1 Å². The third kappa shape index (κ3) is 4.97. The second-order valence-electron chi connectivity index (χ2n) is 7.31. The molecule has 3 rings (SSSR count). The number of sulfone groups is 1. The van der Waals surface area contributed by atoms with Gasteiger partial charge in [0.2, 0.25) is 5.91 Å². The van der Waals surface area contributed by atoms with Gasteiger partial charge in [0, 0.05) is 29.9 Å². The summed E-state index contributed by atoms with van der Waals surface area (Å²) in [5.74, 6) is 0.0222. The first-order chi connectivity index (χ1) is 12.9. The lowest BCUT2D eigenvalue weighted by Gasteiger charge is -2.38. The molecule has 0 radical (unpaired) electrons. The number of nitrogens with one attached hydrogen (secondary N) is 1. The summed E-state index contributed by atoms with van der Waals surface area (Å²) < 4.78 is 23.8. The van der Waals surface area contributed by atoms with Gasteiger partial charge in [0.05, 0.1) is 23.0 Å². The van der Waals surface area contributed by atoms with Gasteiger partial charge in [0.25, 0.3) is 5.69 Å². The van der Waals surface area contributed by atoms with Crippen LogP contribution in [0.4, 0.5) is 11.4 Å². The Labute approximate surface area is 159 Å². The van der Waals surface area contributed by atoms with Crippen molar-refractivity contribution in [3.63, 3.8) is 0 Å². The highest BCUT2D eigenvalue weighted by molar-refractivity contribution is 7.91. The van der Waals surface area contributed by atoms with Crippen molar-refractivity contribution in [3.05, 3.63) is 34.4 Å². The van der Waals surface area contributed by atoms with Gasteiger partial charge in [-0.1, -0.05) is 25.3 Å². The van der Waals surface area contributed by atoms with E-state index in [1.807, 2.05) is 0 Å². The minimum absolute atomic E-state index is 0.00574. The molecule has 2 fully saturated rings. The quantitative estimate of drug-likeness (QED) is 0.585. The van der Waals surface area contributed by atoms with Crippen LogP contribution in [0.5, 0.6) is 0 Å². The number of hydrogen-bond donors (Lipinski definition) is 1. The third-order valence-corrected chi connectivity index (χ3v) is 7.11. The highest BCUT2D eigenvalue weighted by atomic mass is 32.2. The van der Waals surface area contributed by atoms with Crippen LogP contribution in [0.25, 0.3) is 0 Å². The highest BCUT2D eigenvalue weighted by Crippen LogP contribution is 2.28. The molecule has 1 atom stereocenters. The van der Waals surface area contributed by atoms with E-state index in [2.05, 4.69) is 5.32 Å². The molecule has 0 bridgehead atoms. The molecular weight excluding hydrogens is 370 g/mol. The van der Waals surface area contributed by atoms with Gasteiger partial charge in [0.1, 0.15) is 0 Å². The summed E-state index contributed by atoms with van der Waals surface area (Å²) in [4.78, 5) is 25.2. The van der Waals surface area contributed by atoms with Crippen molar-refractivity contribution >= 4 is 27.1 Å². The number of hydrogen-bond acceptors (Lipinski definition) is 6. The minimum atomic E-state index is -3.08. The summed E-state index contributed by atoms with van der Waals surface area (Å²) in [5.41, 5.74) is 0.457. The second kappa shape index (κ2) is 8.24. The van der Waals surface area contributed by atoms with Crippen LogP contribution in [0.1, 0.15) is 38.5 Å². The van der Waals surface area contributed by atoms with Crippen LogP contribution in [0.3, 0.4) is 0 Å². The molecule has 1 aromatic carbocycles. The number of carbonyl (C=O) groups excluding carboxylic acids is 1. The van der Waals surface area contributed by atoms with Crippen molar-refractivity contribution in [3.8, 4) is 0 Å². The summed E-state index contributed by atoms with van der Waals surface area (Å²) in [6.45, 7) is -0.00574. The number of nitrogens with zero attached hydrogens (tertiary/aromatic N) is 2. The molecule has 8 nitrogen and oxygen atoms in total. The Hall–Kier alpha value is -2.16. The van der Waals surface area contributed by atoms with E-state index in [1.165, 1.54) is 12.1 Å². The summed E-state index contributed by atoms with van der Waals surface area (Å²) in [6.07, 6.45) is 5.53. The smallest absolute Gasteiger partial charge is 0.271 e. The fraction of sp³-hybridized carbons (Fsp3) is 0.611. The maximum absolute atomic E-state index is 13.0. The van der Waals surface area contributed by atoms with E-state index in [-0.39, 0.29) is 41.7 Å². The Kier molecular flexibility index (Phi) is 5.98.